The van der Waals surface area contributed by atoms with Gasteiger partial charge in [-0.15, -0.1) is 0 Å². The van der Waals surface area contributed by atoms with Crippen molar-refractivity contribution < 1.29 is 13.5 Å². The van der Waals surface area contributed by atoms with Crippen molar-refractivity contribution in [2.24, 2.45) is 16.8 Å². The van der Waals surface area contributed by atoms with Gasteiger partial charge in [-0.1, -0.05) is 13.8 Å². The highest BCUT2D eigenvalue weighted by atomic mass is 19.3. The molecular weight excluding hydrogens is 336 g/mol. The predicted octanol–water partition coefficient (Wildman–Crippen LogP) is 5.53. The van der Waals surface area contributed by atoms with Gasteiger partial charge < -0.3 is 9.64 Å². The molecule has 0 bridgehead atoms. The van der Waals surface area contributed by atoms with Gasteiger partial charge in [-0.05, 0) is 57.4 Å². The third kappa shape index (κ3) is 5.39. The molecule has 0 amide bonds. The first kappa shape index (κ1) is 20.6. The lowest BCUT2D eigenvalue weighted by Gasteiger charge is -2.31. The van der Waals surface area contributed by atoms with Gasteiger partial charge in [0.2, 0.25) is 5.88 Å². The fourth-order valence-electron chi connectivity index (χ4n) is 3.24. The fraction of sp³-hybridized carbons (Fsp3) is 0.700. The number of hydrogen-bond donors (Lipinski definition) is 0. The second-order valence-corrected chi connectivity index (χ2v) is 7.50. The van der Waals surface area contributed by atoms with Crippen LogP contribution in [0.25, 0.3) is 0 Å². The zero-order valence-electron chi connectivity index (χ0n) is 16.5. The Balaban J connectivity index is 2.15. The summed E-state index contributed by atoms with van der Waals surface area (Å²) < 4.78 is 33.0. The quantitative estimate of drug-likeness (QED) is 0.469. The molecule has 0 aromatic carbocycles. The number of hydrogen-bond acceptors (Lipinski definition) is 3. The molecule has 1 saturated carbocycles. The zero-order chi connectivity index (χ0) is 19.3. The fourth-order valence-corrected chi connectivity index (χ4v) is 3.24. The van der Waals surface area contributed by atoms with Crippen LogP contribution in [0.3, 0.4) is 0 Å². The standard InChI is InChI=1S/C20H31F2N3O/c1-6-25(5)12-23-18-11-17(19(21)22)20(24-14(18)4)26-16-9-7-15(8-10-16)13(2)3/h11-13,15-16,19H,6-10H2,1-5H3/b23-12+/t15-,16+. The van der Waals surface area contributed by atoms with E-state index in [1.165, 1.54) is 6.07 Å². The molecule has 0 N–H and O–H groups in total. The lowest BCUT2D eigenvalue weighted by molar-refractivity contribution is 0.0990. The average molecular weight is 367 g/mol. The number of alkyl halides is 2. The Morgan fingerprint density at radius 1 is 1.31 bits per heavy atom. The van der Waals surface area contributed by atoms with Crippen molar-refractivity contribution in [2.75, 3.05) is 13.6 Å². The van der Waals surface area contributed by atoms with Gasteiger partial charge in [-0.3, -0.25) is 0 Å². The molecule has 2 rings (SSSR count). The number of nitrogens with zero attached hydrogens (tertiary/aromatic N) is 3. The predicted molar refractivity (Wildman–Crippen MR) is 102 cm³/mol. The number of ether oxygens (including phenoxy) is 1. The van der Waals surface area contributed by atoms with Crippen LogP contribution in [0.1, 0.15) is 64.1 Å². The topological polar surface area (TPSA) is 37.7 Å². The molecule has 0 unspecified atom stereocenters. The second-order valence-electron chi connectivity index (χ2n) is 7.50. The van der Waals surface area contributed by atoms with E-state index in [4.69, 9.17) is 4.74 Å². The van der Waals surface area contributed by atoms with Gasteiger partial charge in [0.1, 0.15) is 6.10 Å². The summed E-state index contributed by atoms with van der Waals surface area (Å²) in [6.07, 6.45) is 2.92. The van der Waals surface area contributed by atoms with Crippen molar-refractivity contribution in [1.29, 1.82) is 0 Å². The van der Waals surface area contributed by atoms with Crippen LogP contribution in [0, 0.1) is 18.8 Å². The Hall–Kier alpha value is -1.72. The third-order valence-corrected chi connectivity index (χ3v) is 5.25. The molecule has 0 aliphatic heterocycles. The van der Waals surface area contributed by atoms with E-state index in [-0.39, 0.29) is 17.5 Å². The monoisotopic (exact) mass is 367 g/mol. The number of rotatable bonds is 7. The van der Waals surface area contributed by atoms with Crippen LogP contribution in [0.15, 0.2) is 11.1 Å². The van der Waals surface area contributed by atoms with Crippen molar-refractivity contribution in [2.45, 2.75) is 65.9 Å². The normalized spacial score (nSPS) is 21.0. The molecule has 6 heteroatoms. The lowest BCUT2D eigenvalue weighted by Crippen LogP contribution is -2.27. The minimum Gasteiger partial charge on any atom is -0.474 e. The Labute approximate surface area is 155 Å². The highest BCUT2D eigenvalue weighted by Crippen LogP contribution is 2.36. The minimum absolute atomic E-state index is 0.0324. The van der Waals surface area contributed by atoms with Crippen LogP contribution < -0.4 is 4.74 Å². The molecule has 1 aromatic rings. The van der Waals surface area contributed by atoms with E-state index < -0.39 is 6.43 Å². The average Bonchev–Trinajstić information content (AvgIpc) is 2.60. The second kappa shape index (κ2) is 9.28. The van der Waals surface area contributed by atoms with Crippen LogP contribution in [0.4, 0.5) is 14.5 Å². The molecule has 1 aliphatic rings. The van der Waals surface area contributed by atoms with Crippen molar-refractivity contribution >= 4 is 12.0 Å². The van der Waals surface area contributed by atoms with Gasteiger partial charge in [-0.25, -0.2) is 18.8 Å². The number of aliphatic imine (C=N–C) groups is 1. The summed E-state index contributed by atoms with van der Waals surface area (Å²) in [4.78, 5) is 10.5. The Kier molecular flexibility index (Phi) is 7.35. The SMILES string of the molecule is CCN(C)/C=N/c1cc(C(F)F)c(O[C@H]2CC[C@@H](C(C)C)CC2)nc1C. The summed E-state index contributed by atoms with van der Waals surface area (Å²) in [6, 6.07) is 1.40. The zero-order valence-corrected chi connectivity index (χ0v) is 16.5. The molecule has 1 aliphatic carbocycles. The van der Waals surface area contributed by atoms with E-state index in [9.17, 15) is 8.78 Å². The van der Waals surface area contributed by atoms with Crippen LogP contribution in [-0.4, -0.2) is 35.9 Å². The van der Waals surface area contributed by atoms with Gasteiger partial charge in [-0.2, -0.15) is 0 Å². The van der Waals surface area contributed by atoms with E-state index in [2.05, 4.69) is 23.8 Å². The van der Waals surface area contributed by atoms with Gasteiger partial charge >= 0.3 is 0 Å². The lowest BCUT2D eigenvalue weighted by atomic mass is 9.80. The summed E-state index contributed by atoms with van der Waals surface area (Å²) >= 11 is 0. The molecule has 1 fully saturated rings. The smallest absolute Gasteiger partial charge is 0.269 e. The number of aryl methyl sites for hydroxylation is 1. The van der Waals surface area contributed by atoms with E-state index in [1.54, 1.807) is 13.3 Å². The van der Waals surface area contributed by atoms with Gasteiger partial charge in [0, 0.05) is 13.6 Å². The van der Waals surface area contributed by atoms with E-state index in [0.29, 0.717) is 23.2 Å². The van der Waals surface area contributed by atoms with E-state index >= 15 is 0 Å². The summed E-state index contributed by atoms with van der Waals surface area (Å²) in [6.45, 7) is 9.03. The third-order valence-electron chi connectivity index (χ3n) is 5.25. The highest BCUT2D eigenvalue weighted by Gasteiger charge is 2.27. The molecule has 0 spiro atoms. The maximum absolute atomic E-state index is 13.5. The summed E-state index contributed by atoms with van der Waals surface area (Å²) in [7, 11) is 1.88. The van der Waals surface area contributed by atoms with Gasteiger partial charge in [0.15, 0.2) is 0 Å². The molecule has 0 saturated heterocycles. The number of aromatic nitrogens is 1. The van der Waals surface area contributed by atoms with Crippen molar-refractivity contribution in [3.63, 3.8) is 0 Å². The van der Waals surface area contributed by atoms with Crippen LogP contribution in [-0.2, 0) is 0 Å². The first-order chi connectivity index (χ1) is 12.3. The molecule has 146 valence electrons. The van der Waals surface area contributed by atoms with E-state index in [0.717, 1.165) is 32.2 Å². The van der Waals surface area contributed by atoms with E-state index in [1.807, 2.05) is 18.9 Å². The molecule has 4 nitrogen and oxygen atoms in total. The van der Waals surface area contributed by atoms with Gasteiger partial charge in [0.25, 0.3) is 6.43 Å². The first-order valence-corrected chi connectivity index (χ1v) is 9.52. The molecule has 1 heterocycles. The molecule has 1 aromatic heterocycles. The molecule has 0 atom stereocenters. The Morgan fingerprint density at radius 2 is 1.96 bits per heavy atom. The van der Waals surface area contributed by atoms with Crippen LogP contribution in [0.5, 0.6) is 5.88 Å². The van der Waals surface area contributed by atoms with Crippen molar-refractivity contribution in [3.8, 4) is 5.88 Å². The Bertz CT molecular complexity index is 611. The minimum atomic E-state index is -2.64. The summed E-state index contributed by atoms with van der Waals surface area (Å²) in [5.74, 6) is 1.42. The molecule has 0 radical (unpaired) electrons. The number of halogens is 2. The summed E-state index contributed by atoms with van der Waals surface area (Å²) in [5, 5.41) is 0. The number of pyridine rings is 1. The van der Waals surface area contributed by atoms with Crippen molar-refractivity contribution in [1.82, 2.24) is 9.88 Å². The first-order valence-electron chi connectivity index (χ1n) is 9.52. The van der Waals surface area contributed by atoms with Crippen molar-refractivity contribution in [3.05, 3.63) is 17.3 Å². The maximum Gasteiger partial charge on any atom is 0.269 e. The van der Waals surface area contributed by atoms with Crippen LogP contribution in [0.2, 0.25) is 0 Å². The molecular formula is C20H31F2N3O. The molecule has 26 heavy (non-hydrogen) atoms. The van der Waals surface area contributed by atoms with Gasteiger partial charge in [0.05, 0.1) is 23.3 Å². The van der Waals surface area contributed by atoms with Crippen LogP contribution >= 0.6 is 0 Å². The highest BCUT2D eigenvalue weighted by molar-refractivity contribution is 5.63. The Morgan fingerprint density at radius 3 is 2.50 bits per heavy atom. The summed E-state index contributed by atoms with van der Waals surface area (Å²) in [5.41, 5.74) is 0.880. The largest absolute Gasteiger partial charge is 0.474 e. The maximum atomic E-state index is 13.5.